The Labute approximate surface area is 231 Å². The Hall–Kier alpha value is -3.00. The summed E-state index contributed by atoms with van der Waals surface area (Å²) in [6.07, 6.45) is 4.41. The summed E-state index contributed by atoms with van der Waals surface area (Å²) < 4.78 is 5.47. The van der Waals surface area contributed by atoms with E-state index in [4.69, 9.17) is 4.74 Å². The molecule has 1 saturated carbocycles. The molecule has 3 rings (SSSR count). The van der Waals surface area contributed by atoms with Crippen LogP contribution in [0, 0.1) is 6.92 Å². The number of nitrogens with one attached hydrogen (secondary N) is 2. The number of ether oxygens (including phenoxy) is 1. The first-order valence-electron chi connectivity index (χ1n) is 13.3. The molecular weight excluding hydrogens is 498 g/mol. The summed E-state index contributed by atoms with van der Waals surface area (Å²) in [5, 5.41) is 5.86. The second-order valence-electron chi connectivity index (χ2n) is 10.8. The highest BCUT2D eigenvalue weighted by atomic mass is 32.2. The first-order chi connectivity index (χ1) is 18.1. The monoisotopic (exact) mass is 539 g/mol. The van der Waals surface area contributed by atoms with E-state index in [-0.39, 0.29) is 17.9 Å². The van der Waals surface area contributed by atoms with Gasteiger partial charge in [-0.2, -0.15) is 11.8 Å². The molecule has 2 unspecified atom stereocenters. The first kappa shape index (κ1) is 29.6. The minimum Gasteiger partial charge on any atom is -0.444 e. The predicted molar refractivity (Wildman–Crippen MR) is 153 cm³/mol. The number of aryl methyl sites for hydroxylation is 1. The van der Waals surface area contributed by atoms with Crippen LogP contribution in [-0.4, -0.2) is 52.5 Å². The Morgan fingerprint density at radius 2 is 1.71 bits per heavy atom. The van der Waals surface area contributed by atoms with Crippen LogP contribution in [-0.2, 0) is 20.9 Å². The van der Waals surface area contributed by atoms with Gasteiger partial charge in [-0.1, -0.05) is 60.2 Å². The zero-order valence-electron chi connectivity index (χ0n) is 23.2. The Morgan fingerprint density at radius 3 is 2.26 bits per heavy atom. The number of hydrogen-bond acceptors (Lipinski definition) is 5. The minimum absolute atomic E-state index is 0.0755. The minimum atomic E-state index is -0.811. The van der Waals surface area contributed by atoms with Crippen molar-refractivity contribution in [2.45, 2.75) is 83.6 Å². The van der Waals surface area contributed by atoms with E-state index in [1.807, 2.05) is 67.8 Å². The van der Waals surface area contributed by atoms with E-state index in [1.165, 1.54) is 0 Å². The molecule has 2 aromatic rings. The Balaban J connectivity index is 1.94. The number of nitrogens with zero attached hydrogens (tertiary/aromatic N) is 1. The molecule has 1 fully saturated rings. The van der Waals surface area contributed by atoms with Crippen molar-refractivity contribution in [3.05, 3.63) is 71.3 Å². The van der Waals surface area contributed by atoms with E-state index in [0.29, 0.717) is 18.7 Å². The predicted octanol–water partition coefficient (Wildman–Crippen LogP) is 5.38. The van der Waals surface area contributed by atoms with Gasteiger partial charge in [0.25, 0.3) is 0 Å². The number of benzene rings is 2. The number of thioether (sulfide) groups is 1. The van der Waals surface area contributed by atoms with Crippen LogP contribution in [0.15, 0.2) is 54.6 Å². The van der Waals surface area contributed by atoms with Gasteiger partial charge >= 0.3 is 6.09 Å². The number of carbonyl (C=O) groups excluding carboxylic acids is 3. The third kappa shape index (κ3) is 8.51. The lowest BCUT2D eigenvalue weighted by Gasteiger charge is -2.43. The van der Waals surface area contributed by atoms with Crippen molar-refractivity contribution in [2.75, 3.05) is 12.0 Å². The summed E-state index contributed by atoms with van der Waals surface area (Å²) in [6.45, 7) is 7.72. The van der Waals surface area contributed by atoms with Gasteiger partial charge in [-0.3, -0.25) is 9.59 Å². The summed E-state index contributed by atoms with van der Waals surface area (Å²) in [6, 6.07) is 15.8. The summed E-state index contributed by atoms with van der Waals surface area (Å²) >= 11 is 1.60. The van der Waals surface area contributed by atoms with Gasteiger partial charge in [-0.05, 0) is 76.5 Å². The highest BCUT2D eigenvalue weighted by Crippen LogP contribution is 2.34. The maximum Gasteiger partial charge on any atom is 0.408 e. The average molecular weight is 540 g/mol. The Bertz CT molecular complexity index is 1070. The maximum absolute atomic E-state index is 14.2. The van der Waals surface area contributed by atoms with Crippen molar-refractivity contribution in [1.82, 2.24) is 15.5 Å². The summed E-state index contributed by atoms with van der Waals surface area (Å²) in [4.78, 5) is 42.4. The molecule has 0 spiro atoms. The van der Waals surface area contributed by atoms with Crippen molar-refractivity contribution in [3.63, 3.8) is 0 Å². The summed E-state index contributed by atoms with van der Waals surface area (Å²) in [5.41, 5.74) is 2.12. The van der Waals surface area contributed by atoms with Crippen molar-refractivity contribution >= 4 is 29.7 Å². The zero-order chi connectivity index (χ0) is 27.7. The summed E-state index contributed by atoms with van der Waals surface area (Å²) in [7, 11) is 0. The van der Waals surface area contributed by atoms with Crippen LogP contribution in [0.3, 0.4) is 0 Å². The average Bonchev–Trinajstić information content (AvgIpc) is 2.84. The SMILES string of the molecule is CSCCC(NC(=O)OC(C)(C)C)C(=O)N(C1CCC1)C(C(=O)NCc1ccccc1)c1ccc(C)cc1. The highest BCUT2D eigenvalue weighted by molar-refractivity contribution is 7.98. The second-order valence-corrected chi connectivity index (χ2v) is 11.8. The standard InChI is InChI=1S/C30H41N3O4S/c1-21-14-16-23(17-15-21)26(27(34)31-20-22-10-7-6-8-11-22)33(24-12-9-13-24)28(35)25(18-19-38-5)32-29(36)37-30(2,3)4/h6-8,10-11,14-17,24-26H,9,12-13,18-20H2,1-5H3,(H,31,34)(H,32,36). The topological polar surface area (TPSA) is 87.7 Å². The van der Waals surface area contributed by atoms with Crippen molar-refractivity contribution < 1.29 is 19.1 Å². The third-order valence-corrected chi connectivity index (χ3v) is 7.20. The summed E-state index contributed by atoms with van der Waals surface area (Å²) in [5.74, 6) is 0.189. The molecule has 206 valence electrons. The van der Waals surface area contributed by atoms with Gasteiger partial charge in [0.1, 0.15) is 17.7 Å². The van der Waals surface area contributed by atoms with Gasteiger partial charge in [0.2, 0.25) is 11.8 Å². The zero-order valence-corrected chi connectivity index (χ0v) is 24.0. The van der Waals surface area contributed by atoms with E-state index >= 15 is 0 Å². The van der Waals surface area contributed by atoms with E-state index in [9.17, 15) is 14.4 Å². The molecule has 0 saturated heterocycles. The number of hydrogen-bond donors (Lipinski definition) is 2. The fourth-order valence-corrected chi connectivity index (χ4v) is 4.85. The van der Waals surface area contributed by atoms with Crippen LogP contribution >= 0.6 is 11.8 Å². The van der Waals surface area contributed by atoms with Crippen LogP contribution < -0.4 is 10.6 Å². The number of rotatable bonds is 11. The van der Waals surface area contributed by atoms with Crippen LogP contribution in [0.2, 0.25) is 0 Å². The molecule has 38 heavy (non-hydrogen) atoms. The van der Waals surface area contributed by atoms with Crippen LogP contribution in [0.4, 0.5) is 4.79 Å². The molecule has 2 aromatic carbocycles. The number of amides is 3. The van der Waals surface area contributed by atoms with E-state index < -0.39 is 23.8 Å². The van der Waals surface area contributed by atoms with E-state index in [0.717, 1.165) is 36.0 Å². The normalized spacial score (nSPS) is 15.1. The fraction of sp³-hybridized carbons (Fsp3) is 0.500. The van der Waals surface area contributed by atoms with E-state index in [1.54, 1.807) is 37.4 Å². The molecule has 0 aliphatic heterocycles. The number of carbonyl (C=O) groups is 3. The van der Waals surface area contributed by atoms with Crippen molar-refractivity contribution in [3.8, 4) is 0 Å². The van der Waals surface area contributed by atoms with Crippen LogP contribution in [0.25, 0.3) is 0 Å². The molecule has 7 nitrogen and oxygen atoms in total. The quantitative estimate of drug-likeness (QED) is 0.400. The van der Waals surface area contributed by atoms with Gasteiger partial charge in [-0.25, -0.2) is 4.79 Å². The van der Waals surface area contributed by atoms with Crippen LogP contribution in [0.1, 0.15) is 69.2 Å². The molecule has 2 N–H and O–H groups in total. The molecule has 8 heteroatoms. The van der Waals surface area contributed by atoms with Gasteiger partial charge in [0.15, 0.2) is 0 Å². The number of alkyl carbamates (subject to hydrolysis) is 1. The molecule has 0 radical (unpaired) electrons. The molecule has 0 aromatic heterocycles. The van der Waals surface area contributed by atoms with Gasteiger partial charge < -0.3 is 20.3 Å². The lowest BCUT2D eigenvalue weighted by atomic mass is 9.87. The fourth-order valence-electron chi connectivity index (χ4n) is 4.37. The van der Waals surface area contributed by atoms with Crippen LogP contribution in [0.5, 0.6) is 0 Å². The van der Waals surface area contributed by atoms with Gasteiger partial charge in [-0.15, -0.1) is 0 Å². The first-order valence-corrected chi connectivity index (χ1v) is 14.7. The molecule has 3 amide bonds. The molecule has 1 aliphatic rings. The third-order valence-electron chi connectivity index (χ3n) is 6.55. The van der Waals surface area contributed by atoms with Gasteiger partial charge in [0.05, 0.1) is 0 Å². The molecule has 2 atom stereocenters. The molecular formula is C30H41N3O4S. The van der Waals surface area contributed by atoms with E-state index in [2.05, 4.69) is 10.6 Å². The van der Waals surface area contributed by atoms with Crippen molar-refractivity contribution in [2.24, 2.45) is 0 Å². The lowest BCUT2D eigenvalue weighted by molar-refractivity contribution is -0.147. The van der Waals surface area contributed by atoms with Gasteiger partial charge in [0, 0.05) is 12.6 Å². The molecule has 0 heterocycles. The Kier molecular flexibility index (Phi) is 10.6. The van der Waals surface area contributed by atoms with Crippen molar-refractivity contribution in [1.29, 1.82) is 0 Å². The Morgan fingerprint density at radius 1 is 1.05 bits per heavy atom. The second kappa shape index (κ2) is 13.7. The largest absolute Gasteiger partial charge is 0.444 e. The molecule has 1 aliphatic carbocycles. The highest BCUT2D eigenvalue weighted by Gasteiger charge is 2.41. The smallest absolute Gasteiger partial charge is 0.408 e. The molecule has 0 bridgehead atoms. The lowest BCUT2D eigenvalue weighted by Crippen LogP contribution is -2.57. The maximum atomic E-state index is 14.2.